The Balaban J connectivity index is 2.66. The van der Waals surface area contributed by atoms with Crippen molar-refractivity contribution >= 4 is 5.82 Å². The molecule has 1 aromatic rings. The maximum absolute atomic E-state index is 9.01. The molecule has 0 fully saturated rings. The fourth-order valence-corrected chi connectivity index (χ4v) is 1.13. The van der Waals surface area contributed by atoms with Crippen molar-refractivity contribution in [2.45, 2.75) is 6.04 Å². The van der Waals surface area contributed by atoms with Gasteiger partial charge in [-0.3, -0.25) is 0 Å². The van der Waals surface area contributed by atoms with E-state index < -0.39 is 0 Å². The monoisotopic (exact) mass is 207 g/mol. The minimum Gasteiger partial charge on any atom is -0.394 e. The molecule has 0 saturated heterocycles. The summed E-state index contributed by atoms with van der Waals surface area (Å²) < 4.78 is 4.91. The number of anilines is 1. The van der Waals surface area contributed by atoms with E-state index in [0.717, 1.165) is 0 Å². The summed E-state index contributed by atoms with van der Waals surface area (Å²) in [5.74, 6) is 0.560. The highest BCUT2D eigenvalue weighted by atomic mass is 16.5. The van der Waals surface area contributed by atoms with Gasteiger partial charge < -0.3 is 15.2 Å². The van der Waals surface area contributed by atoms with Gasteiger partial charge in [0.05, 0.1) is 30.9 Å². The van der Waals surface area contributed by atoms with Crippen molar-refractivity contribution in [1.82, 2.24) is 4.98 Å². The number of ether oxygens (including phenoxy) is 1. The summed E-state index contributed by atoms with van der Waals surface area (Å²) in [5, 5.41) is 20.7. The van der Waals surface area contributed by atoms with Gasteiger partial charge in [-0.05, 0) is 12.1 Å². The van der Waals surface area contributed by atoms with Gasteiger partial charge in [0.2, 0.25) is 0 Å². The molecule has 15 heavy (non-hydrogen) atoms. The second-order valence-electron chi connectivity index (χ2n) is 3.02. The van der Waals surface area contributed by atoms with E-state index in [4.69, 9.17) is 15.1 Å². The largest absolute Gasteiger partial charge is 0.394 e. The minimum absolute atomic E-state index is 0.0493. The van der Waals surface area contributed by atoms with E-state index in [9.17, 15) is 0 Å². The van der Waals surface area contributed by atoms with Crippen molar-refractivity contribution in [3.63, 3.8) is 0 Å². The van der Waals surface area contributed by atoms with Crippen LogP contribution in [-0.4, -0.2) is 36.5 Å². The predicted molar refractivity (Wildman–Crippen MR) is 55.3 cm³/mol. The van der Waals surface area contributed by atoms with Crippen LogP contribution < -0.4 is 5.32 Å². The van der Waals surface area contributed by atoms with Gasteiger partial charge in [-0.15, -0.1) is 0 Å². The number of nitriles is 1. The zero-order valence-corrected chi connectivity index (χ0v) is 8.47. The standard InChI is InChI=1S/C10H13N3O2/c1-15-7-9(6-14)13-10-4-8(5-11)2-3-12-10/h2-4,9,14H,6-7H2,1H3,(H,12,13). The molecule has 1 unspecified atom stereocenters. The predicted octanol–water partition coefficient (Wildman–Crippen LogP) is 0.372. The van der Waals surface area contributed by atoms with E-state index in [1.807, 2.05) is 6.07 Å². The van der Waals surface area contributed by atoms with Crippen molar-refractivity contribution in [2.75, 3.05) is 25.6 Å². The summed E-state index contributed by atoms with van der Waals surface area (Å²) in [6.07, 6.45) is 1.54. The molecule has 5 heteroatoms. The van der Waals surface area contributed by atoms with Gasteiger partial charge >= 0.3 is 0 Å². The molecule has 1 atom stereocenters. The molecule has 0 aromatic carbocycles. The quantitative estimate of drug-likeness (QED) is 0.729. The highest BCUT2D eigenvalue weighted by Crippen LogP contribution is 2.07. The molecule has 0 aliphatic carbocycles. The van der Waals surface area contributed by atoms with Crippen molar-refractivity contribution in [3.05, 3.63) is 23.9 Å². The Morgan fingerprint density at radius 3 is 3.13 bits per heavy atom. The molecule has 1 rings (SSSR count). The minimum atomic E-state index is -0.212. The van der Waals surface area contributed by atoms with E-state index in [0.29, 0.717) is 18.0 Å². The fourth-order valence-electron chi connectivity index (χ4n) is 1.13. The first-order chi connectivity index (χ1) is 7.30. The number of hydrogen-bond donors (Lipinski definition) is 2. The van der Waals surface area contributed by atoms with Gasteiger partial charge in [-0.2, -0.15) is 5.26 Å². The van der Waals surface area contributed by atoms with Crippen LogP contribution in [0.5, 0.6) is 0 Å². The maximum Gasteiger partial charge on any atom is 0.127 e. The van der Waals surface area contributed by atoms with E-state index in [-0.39, 0.29) is 12.6 Å². The third-order valence-corrected chi connectivity index (χ3v) is 1.83. The molecule has 0 aliphatic heterocycles. The van der Waals surface area contributed by atoms with Gasteiger partial charge in [0.15, 0.2) is 0 Å². The molecule has 0 bridgehead atoms. The Morgan fingerprint density at radius 1 is 1.73 bits per heavy atom. The number of nitrogens with one attached hydrogen (secondary N) is 1. The van der Waals surface area contributed by atoms with E-state index in [2.05, 4.69) is 10.3 Å². The van der Waals surface area contributed by atoms with E-state index in [1.165, 1.54) is 0 Å². The van der Waals surface area contributed by atoms with Crippen molar-refractivity contribution in [2.24, 2.45) is 0 Å². The molecule has 80 valence electrons. The summed E-state index contributed by atoms with van der Waals surface area (Å²) in [5.41, 5.74) is 0.529. The molecular weight excluding hydrogens is 194 g/mol. The third kappa shape index (κ3) is 3.54. The number of rotatable bonds is 5. The molecule has 0 aliphatic rings. The molecule has 2 N–H and O–H groups in total. The number of methoxy groups -OCH3 is 1. The van der Waals surface area contributed by atoms with Gasteiger partial charge in [0.25, 0.3) is 0 Å². The third-order valence-electron chi connectivity index (χ3n) is 1.83. The second-order valence-corrected chi connectivity index (χ2v) is 3.02. The number of nitrogens with zero attached hydrogens (tertiary/aromatic N) is 2. The number of pyridine rings is 1. The summed E-state index contributed by atoms with van der Waals surface area (Å²) >= 11 is 0. The van der Waals surface area contributed by atoms with Crippen LogP contribution in [0.15, 0.2) is 18.3 Å². The van der Waals surface area contributed by atoms with Gasteiger partial charge in [0.1, 0.15) is 5.82 Å². The summed E-state index contributed by atoms with van der Waals surface area (Å²) in [7, 11) is 1.56. The van der Waals surface area contributed by atoms with Crippen LogP contribution in [0.4, 0.5) is 5.82 Å². The van der Waals surface area contributed by atoms with Crippen LogP contribution >= 0.6 is 0 Å². The van der Waals surface area contributed by atoms with Crippen LogP contribution in [-0.2, 0) is 4.74 Å². The molecule has 0 spiro atoms. The first kappa shape index (κ1) is 11.4. The van der Waals surface area contributed by atoms with Crippen LogP contribution in [0.25, 0.3) is 0 Å². The lowest BCUT2D eigenvalue weighted by atomic mass is 10.2. The second kappa shape index (κ2) is 5.96. The summed E-state index contributed by atoms with van der Waals surface area (Å²) in [6, 6.07) is 5.05. The van der Waals surface area contributed by atoms with Crippen LogP contribution in [0.2, 0.25) is 0 Å². The van der Waals surface area contributed by atoms with Gasteiger partial charge in [0, 0.05) is 13.3 Å². The lowest BCUT2D eigenvalue weighted by Crippen LogP contribution is -2.29. The molecule has 1 aromatic heterocycles. The average Bonchev–Trinajstić information content (AvgIpc) is 2.29. The molecular formula is C10H13N3O2. The Labute approximate surface area is 88.3 Å². The van der Waals surface area contributed by atoms with E-state index >= 15 is 0 Å². The Hall–Kier alpha value is -1.64. The lowest BCUT2D eigenvalue weighted by molar-refractivity contribution is 0.153. The van der Waals surface area contributed by atoms with Gasteiger partial charge in [-0.1, -0.05) is 0 Å². The highest BCUT2D eigenvalue weighted by molar-refractivity contribution is 5.43. The smallest absolute Gasteiger partial charge is 0.127 e. The normalized spacial score (nSPS) is 11.8. The molecule has 1 heterocycles. The zero-order chi connectivity index (χ0) is 11.1. The number of aliphatic hydroxyl groups is 1. The molecule has 5 nitrogen and oxygen atoms in total. The Morgan fingerprint density at radius 2 is 2.53 bits per heavy atom. The SMILES string of the molecule is COCC(CO)Nc1cc(C#N)ccn1. The Bertz CT molecular complexity index is 349. The molecule has 0 radical (unpaired) electrons. The summed E-state index contributed by atoms with van der Waals surface area (Å²) in [6.45, 7) is 0.335. The number of aliphatic hydroxyl groups excluding tert-OH is 1. The zero-order valence-electron chi connectivity index (χ0n) is 8.47. The summed E-state index contributed by atoms with van der Waals surface area (Å²) in [4.78, 5) is 4.03. The van der Waals surface area contributed by atoms with Crippen LogP contribution in [0, 0.1) is 11.3 Å². The fraction of sp³-hybridized carbons (Fsp3) is 0.400. The first-order valence-electron chi connectivity index (χ1n) is 4.52. The number of aromatic nitrogens is 1. The van der Waals surface area contributed by atoms with Crippen molar-refractivity contribution < 1.29 is 9.84 Å². The molecule has 0 amide bonds. The van der Waals surface area contributed by atoms with Crippen LogP contribution in [0.1, 0.15) is 5.56 Å². The highest BCUT2D eigenvalue weighted by Gasteiger charge is 2.07. The average molecular weight is 207 g/mol. The van der Waals surface area contributed by atoms with E-state index in [1.54, 1.807) is 25.4 Å². The first-order valence-corrected chi connectivity index (χ1v) is 4.52. The maximum atomic E-state index is 9.01. The van der Waals surface area contributed by atoms with Crippen LogP contribution in [0.3, 0.4) is 0 Å². The van der Waals surface area contributed by atoms with Crippen molar-refractivity contribution in [3.8, 4) is 6.07 Å². The topological polar surface area (TPSA) is 78.2 Å². The Kier molecular flexibility index (Phi) is 4.54. The lowest BCUT2D eigenvalue weighted by Gasteiger charge is -2.15. The van der Waals surface area contributed by atoms with Gasteiger partial charge in [-0.25, -0.2) is 4.98 Å². The van der Waals surface area contributed by atoms with Crippen molar-refractivity contribution in [1.29, 1.82) is 5.26 Å². The molecule has 0 saturated carbocycles. The number of hydrogen-bond acceptors (Lipinski definition) is 5.